The van der Waals surface area contributed by atoms with Crippen molar-refractivity contribution in [1.82, 2.24) is 10.6 Å². The van der Waals surface area contributed by atoms with Gasteiger partial charge in [-0.2, -0.15) is 0 Å². The lowest BCUT2D eigenvalue weighted by Crippen LogP contribution is -2.46. The van der Waals surface area contributed by atoms with Gasteiger partial charge >= 0.3 is 0 Å². The van der Waals surface area contributed by atoms with E-state index in [1.807, 2.05) is 0 Å². The van der Waals surface area contributed by atoms with E-state index in [-0.39, 0.29) is 24.0 Å². The molecule has 0 amide bonds. The Bertz CT molecular complexity index is 498. The van der Waals surface area contributed by atoms with Gasteiger partial charge in [0.1, 0.15) is 0 Å². The molecule has 0 unspecified atom stereocenters. The van der Waals surface area contributed by atoms with E-state index >= 15 is 0 Å². The van der Waals surface area contributed by atoms with Crippen LogP contribution in [0.25, 0.3) is 0 Å². The van der Waals surface area contributed by atoms with Crippen LogP contribution in [0.3, 0.4) is 0 Å². The van der Waals surface area contributed by atoms with Crippen molar-refractivity contribution in [2.75, 3.05) is 26.8 Å². The Kier molecular flexibility index (Phi) is 9.66. The maximum absolute atomic E-state index is 5.27. The predicted octanol–water partition coefficient (Wildman–Crippen LogP) is 3.87. The second-order valence-corrected chi connectivity index (χ2v) is 6.63. The van der Waals surface area contributed by atoms with E-state index in [0.717, 1.165) is 32.1 Å². The molecule has 2 N–H and O–H groups in total. The normalized spacial score (nSPS) is 16.0. The minimum Gasteiger partial charge on any atom is -0.385 e. The second-order valence-electron chi connectivity index (χ2n) is 6.63. The number of aryl methyl sites for hydroxylation is 1. The van der Waals surface area contributed by atoms with Crippen LogP contribution < -0.4 is 10.6 Å². The third kappa shape index (κ3) is 6.59. The average molecular weight is 445 g/mol. The lowest BCUT2D eigenvalue weighted by Gasteiger charge is -2.42. The molecule has 0 atom stereocenters. The van der Waals surface area contributed by atoms with E-state index in [2.05, 4.69) is 48.7 Å². The van der Waals surface area contributed by atoms with Crippen LogP contribution in [0.15, 0.2) is 29.3 Å². The summed E-state index contributed by atoms with van der Waals surface area (Å²) in [6.07, 6.45) is 5.05. The van der Waals surface area contributed by atoms with Crippen molar-refractivity contribution in [1.29, 1.82) is 0 Å². The van der Waals surface area contributed by atoms with Gasteiger partial charge in [0.25, 0.3) is 0 Å². The first-order valence-corrected chi connectivity index (χ1v) is 8.74. The van der Waals surface area contributed by atoms with Gasteiger partial charge in [-0.1, -0.05) is 36.2 Å². The van der Waals surface area contributed by atoms with Crippen molar-refractivity contribution >= 4 is 29.9 Å². The third-order valence-electron chi connectivity index (χ3n) is 4.77. The van der Waals surface area contributed by atoms with Crippen molar-refractivity contribution in [3.63, 3.8) is 0 Å². The fourth-order valence-electron chi connectivity index (χ4n) is 2.99. The van der Waals surface area contributed by atoms with E-state index < -0.39 is 0 Å². The number of ether oxygens (including phenoxy) is 1. The molecule has 136 valence electrons. The van der Waals surface area contributed by atoms with Crippen molar-refractivity contribution < 1.29 is 4.74 Å². The fraction of sp³-hybridized carbons (Fsp3) is 0.632. The zero-order valence-electron chi connectivity index (χ0n) is 15.2. The Morgan fingerprint density at radius 3 is 2.46 bits per heavy atom. The summed E-state index contributed by atoms with van der Waals surface area (Å²) in [5, 5.41) is 6.89. The van der Waals surface area contributed by atoms with Gasteiger partial charge in [-0.15, -0.1) is 24.0 Å². The average Bonchev–Trinajstić information content (AvgIpc) is 2.52. The second kappa shape index (κ2) is 10.9. The van der Waals surface area contributed by atoms with Gasteiger partial charge in [0.2, 0.25) is 0 Å². The first-order valence-electron chi connectivity index (χ1n) is 8.74. The number of methoxy groups -OCH3 is 1. The molecule has 5 heteroatoms. The topological polar surface area (TPSA) is 45.7 Å². The molecular formula is C19H32IN3O. The molecule has 1 saturated carbocycles. The summed E-state index contributed by atoms with van der Waals surface area (Å²) < 4.78 is 5.27. The number of hydrogen-bond donors (Lipinski definition) is 2. The molecular weight excluding hydrogens is 413 g/mol. The molecule has 0 heterocycles. The molecule has 2 rings (SSSR count). The van der Waals surface area contributed by atoms with E-state index in [0.29, 0.717) is 12.0 Å². The quantitative estimate of drug-likeness (QED) is 0.363. The number of nitrogens with one attached hydrogen (secondary N) is 2. The molecule has 4 nitrogen and oxygen atoms in total. The van der Waals surface area contributed by atoms with Crippen LogP contribution >= 0.6 is 24.0 Å². The summed E-state index contributed by atoms with van der Waals surface area (Å²) in [5.74, 6) is 0.914. The molecule has 0 bridgehead atoms. The molecule has 0 spiro atoms. The van der Waals surface area contributed by atoms with Gasteiger partial charge in [0.05, 0.1) is 6.54 Å². The summed E-state index contributed by atoms with van der Waals surface area (Å²) in [6.45, 7) is 7.63. The van der Waals surface area contributed by atoms with Crippen LogP contribution in [0, 0.1) is 12.3 Å². The molecule has 0 saturated heterocycles. The number of rotatable bonds is 8. The largest absolute Gasteiger partial charge is 0.385 e. The molecule has 1 fully saturated rings. The van der Waals surface area contributed by atoms with Crippen molar-refractivity contribution in [2.24, 2.45) is 10.4 Å². The number of hydrogen-bond acceptors (Lipinski definition) is 2. The highest BCUT2D eigenvalue weighted by atomic mass is 127. The smallest absolute Gasteiger partial charge is 0.191 e. The number of guanidine groups is 1. The third-order valence-corrected chi connectivity index (χ3v) is 4.77. The summed E-state index contributed by atoms with van der Waals surface area (Å²) in [5.41, 5.74) is 2.93. The minimum absolute atomic E-state index is 0. The van der Waals surface area contributed by atoms with Gasteiger partial charge in [0, 0.05) is 26.8 Å². The van der Waals surface area contributed by atoms with Crippen molar-refractivity contribution in [2.45, 2.75) is 46.1 Å². The van der Waals surface area contributed by atoms with Crippen LogP contribution in [0.1, 0.15) is 43.7 Å². The summed E-state index contributed by atoms with van der Waals surface area (Å²) in [7, 11) is 1.78. The Labute approximate surface area is 163 Å². The SMILES string of the molecule is CCNC(=NCc1ccc(C)cc1)NCC1(CCOC)CCC1.I. The maximum atomic E-state index is 5.27. The van der Waals surface area contributed by atoms with E-state index in [9.17, 15) is 0 Å². The lowest BCUT2D eigenvalue weighted by atomic mass is 9.67. The first kappa shape index (κ1) is 21.2. The van der Waals surface area contributed by atoms with Gasteiger partial charge in [0.15, 0.2) is 5.96 Å². The molecule has 1 aromatic rings. The molecule has 1 aliphatic rings. The predicted molar refractivity (Wildman–Crippen MR) is 112 cm³/mol. The zero-order valence-corrected chi connectivity index (χ0v) is 17.6. The van der Waals surface area contributed by atoms with Crippen LogP contribution in [-0.2, 0) is 11.3 Å². The van der Waals surface area contributed by atoms with Crippen LogP contribution in [0.2, 0.25) is 0 Å². The highest BCUT2D eigenvalue weighted by Crippen LogP contribution is 2.43. The highest BCUT2D eigenvalue weighted by Gasteiger charge is 2.36. The Morgan fingerprint density at radius 2 is 1.92 bits per heavy atom. The Balaban J connectivity index is 0.00000288. The summed E-state index contributed by atoms with van der Waals surface area (Å²) in [4.78, 5) is 4.72. The Hall–Kier alpha value is -0.820. The molecule has 1 aromatic carbocycles. The number of halogens is 1. The zero-order chi connectivity index (χ0) is 16.5. The van der Waals surface area contributed by atoms with Crippen molar-refractivity contribution in [3.8, 4) is 0 Å². The van der Waals surface area contributed by atoms with Gasteiger partial charge in [-0.25, -0.2) is 4.99 Å². The monoisotopic (exact) mass is 445 g/mol. The van der Waals surface area contributed by atoms with E-state index in [1.165, 1.54) is 30.4 Å². The highest BCUT2D eigenvalue weighted by molar-refractivity contribution is 14.0. The first-order chi connectivity index (χ1) is 11.2. The van der Waals surface area contributed by atoms with Gasteiger partial charge in [-0.3, -0.25) is 0 Å². The minimum atomic E-state index is 0. The number of aliphatic imine (C=N–C) groups is 1. The summed E-state index contributed by atoms with van der Waals surface area (Å²) >= 11 is 0. The number of nitrogens with zero attached hydrogens (tertiary/aromatic N) is 1. The van der Waals surface area contributed by atoms with E-state index in [4.69, 9.17) is 9.73 Å². The Morgan fingerprint density at radius 1 is 1.21 bits per heavy atom. The molecule has 0 aliphatic heterocycles. The maximum Gasteiger partial charge on any atom is 0.191 e. The fourth-order valence-corrected chi connectivity index (χ4v) is 2.99. The van der Waals surface area contributed by atoms with Crippen LogP contribution in [0.5, 0.6) is 0 Å². The molecule has 24 heavy (non-hydrogen) atoms. The van der Waals surface area contributed by atoms with Gasteiger partial charge in [-0.05, 0) is 44.1 Å². The van der Waals surface area contributed by atoms with E-state index in [1.54, 1.807) is 7.11 Å². The summed E-state index contributed by atoms with van der Waals surface area (Å²) in [6, 6.07) is 8.57. The lowest BCUT2D eigenvalue weighted by molar-refractivity contribution is 0.0732. The standard InChI is InChI=1S/C19H31N3O.HI/c1-4-20-18(21-14-17-8-6-16(2)7-9-17)22-15-19(10-5-11-19)12-13-23-3;/h6-9H,4-5,10-15H2,1-3H3,(H2,20,21,22);1H. The molecule has 0 radical (unpaired) electrons. The van der Waals surface area contributed by atoms with Crippen LogP contribution in [0.4, 0.5) is 0 Å². The van der Waals surface area contributed by atoms with Crippen molar-refractivity contribution in [3.05, 3.63) is 35.4 Å². The van der Waals surface area contributed by atoms with Crippen LogP contribution in [-0.4, -0.2) is 32.8 Å². The van der Waals surface area contributed by atoms with Gasteiger partial charge < -0.3 is 15.4 Å². The molecule has 1 aliphatic carbocycles. The molecule has 0 aromatic heterocycles. The number of benzene rings is 1.